The molecule has 1 heterocycles. The van der Waals surface area contributed by atoms with Crippen LogP contribution in [0.1, 0.15) is 0 Å². The summed E-state index contributed by atoms with van der Waals surface area (Å²) < 4.78 is 0. The van der Waals surface area contributed by atoms with Gasteiger partial charge in [-0.15, -0.1) is 0 Å². The highest BCUT2D eigenvalue weighted by Gasteiger charge is 2.12. The Morgan fingerprint density at radius 2 is 1.57 bits per heavy atom. The lowest BCUT2D eigenvalue weighted by molar-refractivity contribution is 0.476. The van der Waals surface area contributed by atoms with Crippen LogP contribution < -0.4 is 0 Å². The van der Waals surface area contributed by atoms with Crippen molar-refractivity contribution in [3.63, 3.8) is 0 Å². The molecule has 1 aromatic heterocycles. The van der Waals surface area contributed by atoms with Gasteiger partial charge in [-0.25, -0.2) is 0 Å². The van der Waals surface area contributed by atoms with Gasteiger partial charge in [-0.1, -0.05) is 42.5 Å². The van der Waals surface area contributed by atoms with E-state index < -0.39 is 0 Å². The van der Waals surface area contributed by atoms with Crippen LogP contribution in [0.2, 0.25) is 0 Å². The summed E-state index contributed by atoms with van der Waals surface area (Å²) in [5.41, 5.74) is 2.86. The Kier molecular flexibility index (Phi) is 2.42. The Labute approximate surface area is 121 Å². The van der Waals surface area contributed by atoms with Gasteiger partial charge in [-0.2, -0.15) is 0 Å². The quantitative estimate of drug-likeness (QED) is 0.482. The third kappa shape index (κ3) is 1.75. The number of aromatic nitrogens is 1. The molecule has 21 heavy (non-hydrogen) atoms. The van der Waals surface area contributed by atoms with Gasteiger partial charge in [0, 0.05) is 16.5 Å². The highest BCUT2D eigenvalue weighted by Crippen LogP contribution is 2.38. The first kappa shape index (κ1) is 11.9. The van der Waals surface area contributed by atoms with Crippen molar-refractivity contribution in [2.75, 3.05) is 0 Å². The zero-order chi connectivity index (χ0) is 14.4. The fourth-order valence-corrected chi connectivity index (χ4v) is 2.81. The first-order valence-corrected chi connectivity index (χ1v) is 6.76. The summed E-state index contributed by atoms with van der Waals surface area (Å²) >= 11 is 0. The highest BCUT2D eigenvalue weighted by atomic mass is 16.3. The Morgan fingerprint density at radius 1 is 0.762 bits per heavy atom. The van der Waals surface area contributed by atoms with Crippen LogP contribution in [0.5, 0.6) is 11.5 Å². The number of nitrogens with one attached hydrogen (secondary N) is 1. The van der Waals surface area contributed by atoms with E-state index in [4.69, 9.17) is 0 Å². The third-order valence-corrected chi connectivity index (χ3v) is 3.79. The standard InChI is InChI=1S/C18H13NO2/c20-15-8-4-7-13-16(21)10-12-9-14(19-18(12)17(13)15)11-5-2-1-3-6-11/h1-10,19-21H. The van der Waals surface area contributed by atoms with Crippen LogP contribution in [0.4, 0.5) is 0 Å². The fourth-order valence-electron chi connectivity index (χ4n) is 2.81. The molecule has 0 saturated carbocycles. The first-order chi connectivity index (χ1) is 10.2. The molecule has 3 N–H and O–H groups in total. The van der Waals surface area contributed by atoms with E-state index in [1.165, 1.54) is 0 Å². The highest BCUT2D eigenvalue weighted by molar-refractivity contribution is 6.12. The van der Waals surface area contributed by atoms with Gasteiger partial charge in [-0.05, 0) is 23.8 Å². The second-order valence-electron chi connectivity index (χ2n) is 5.11. The number of phenols is 2. The van der Waals surface area contributed by atoms with Crippen LogP contribution in [-0.4, -0.2) is 15.2 Å². The van der Waals surface area contributed by atoms with Crippen LogP contribution in [0.25, 0.3) is 32.9 Å². The molecule has 3 heteroatoms. The molecule has 102 valence electrons. The molecule has 0 spiro atoms. The van der Waals surface area contributed by atoms with E-state index in [0.29, 0.717) is 10.8 Å². The van der Waals surface area contributed by atoms with Gasteiger partial charge in [0.1, 0.15) is 11.5 Å². The molecule has 3 nitrogen and oxygen atoms in total. The lowest BCUT2D eigenvalue weighted by Gasteiger charge is -2.04. The summed E-state index contributed by atoms with van der Waals surface area (Å²) in [6.07, 6.45) is 0. The van der Waals surface area contributed by atoms with E-state index in [2.05, 4.69) is 4.98 Å². The molecular weight excluding hydrogens is 262 g/mol. The largest absolute Gasteiger partial charge is 0.507 e. The van der Waals surface area contributed by atoms with Crippen molar-refractivity contribution in [1.29, 1.82) is 0 Å². The summed E-state index contributed by atoms with van der Waals surface area (Å²) in [5.74, 6) is 0.335. The van der Waals surface area contributed by atoms with E-state index in [0.717, 1.165) is 22.2 Å². The molecule has 3 aromatic carbocycles. The second-order valence-corrected chi connectivity index (χ2v) is 5.11. The van der Waals surface area contributed by atoms with Gasteiger partial charge in [0.2, 0.25) is 0 Å². The Balaban J connectivity index is 2.11. The number of phenolic OH excluding ortho intramolecular Hbond substituents is 2. The average Bonchev–Trinajstić information content (AvgIpc) is 2.92. The Hall–Kier alpha value is -2.94. The molecule has 0 fully saturated rings. The molecule has 4 rings (SSSR count). The predicted molar refractivity (Wildman–Crippen MR) is 84.6 cm³/mol. The van der Waals surface area contributed by atoms with Crippen molar-refractivity contribution in [3.8, 4) is 22.8 Å². The molecule has 0 unspecified atom stereocenters. The predicted octanol–water partition coefficient (Wildman–Crippen LogP) is 4.40. The minimum atomic E-state index is 0.162. The van der Waals surface area contributed by atoms with Crippen molar-refractivity contribution in [2.24, 2.45) is 0 Å². The first-order valence-electron chi connectivity index (χ1n) is 6.76. The number of benzene rings is 3. The molecule has 0 aliphatic carbocycles. The molecule has 0 bridgehead atoms. The van der Waals surface area contributed by atoms with E-state index in [9.17, 15) is 10.2 Å². The second kappa shape index (κ2) is 4.28. The molecule has 0 saturated heterocycles. The van der Waals surface area contributed by atoms with Crippen LogP contribution >= 0.6 is 0 Å². The summed E-state index contributed by atoms with van der Waals surface area (Å²) in [4.78, 5) is 3.35. The van der Waals surface area contributed by atoms with Gasteiger partial charge in [-0.3, -0.25) is 0 Å². The number of aromatic amines is 1. The molecule has 0 amide bonds. The lowest BCUT2D eigenvalue weighted by Crippen LogP contribution is -1.79. The summed E-state index contributed by atoms with van der Waals surface area (Å²) in [5, 5.41) is 22.5. The maximum atomic E-state index is 10.1. The van der Waals surface area contributed by atoms with Crippen molar-refractivity contribution < 1.29 is 10.2 Å². The maximum absolute atomic E-state index is 10.1. The molecule has 0 radical (unpaired) electrons. The van der Waals surface area contributed by atoms with E-state index >= 15 is 0 Å². The van der Waals surface area contributed by atoms with E-state index in [1.807, 2.05) is 36.4 Å². The number of aromatic hydroxyl groups is 2. The molecular formula is C18H13NO2. The van der Waals surface area contributed by atoms with Crippen molar-refractivity contribution >= 4 is 21.7 Å². The van der Waals surface area contributed by atoms with Gasteiger partial charge in [0.15, 0.2) is 0 Å². The molecule has 0 aliphatic rings. The van der Waals surface area contributed by atoms with E-state index in [1.54, 1.807) is 24.3 Å². The summed E-state index contributed by atoms with van der Waals surface area (Å²) in [6.45, 7) is 0. The van der Waals surface area contributed by atoms with Crippen LogP contribution in [-0.2, 0) is 0 Å². The fraction of sp³-hybridized carbons (Fsp3) is 0. The zero-order valence-electron chi connectivity index (χ0n) is 11.2. The number of hydrogen-bond acceptors (Lipinski definition) is 2. The zero-order valence-corrected chi connectivity index (χ0v) is 11.2. The SMILES string of the molecule is Oc1cc2cc(-c3ccccc3)[nH]c2c2c(O)cccc12. The van der Waals surface area contributed by atoms with Crippen LogP contribution in [0.3, 0.4) is 0 Å². The Morgan fingerprint density at radius 3 is 2.38 bits per heavy atom. The topological polar surface area (TPSA) is 56.2 Å². The van der Waals surface area contributed by atoms with Crippen molar-refractivity contribution in [1.82, 2.24) is 4.98 Å². The van der Waals surface area contributed by atoms with Crippen molar-refractivity contribution in [2.45, 2.75) is 0 Å². The van der Waals surface area contributed by atoms with E-state index in [-0.39, 0.29) is 11.5 Å². The van der Waals surface area contributed by atoms with Crippen LogP contribution in [0, 0.1) is 0 Å². The minimum absolute atomic E-state index is 0.162. The van der Waals surface area contributed by atoms with Gasteiger partial charge in [0.25, 0.3) is 0 Å². The number of rotatable bonds is 1. The van der Waals surface area contributed by atoms with Gasteiger partial charge >= 0.3 is 0 Å². The maximum Gasteiger partial charge on any atom is 0.125 e. The van der Waals surface area contributed by atoms with Crippen molar-refractivity contribution in [3.05, 3.63) is 60.7 Å². The van der Waals surface area contributed by atoms with Gasteiger partial charge in [0.05, 0.1) is 10.9 Å². The normalized spacial score (nSPS) is 11.2. The average molecular weight is 275 g/mol. The van der Waals surface area contributed by atoms with Crippen LogP contribution in [0.15, 0.2) is 60.7 Å². The number of fused-ring (bicyclic) bond motifs is 3. The summed E-state index contributed by atoms with van der Waals surface area (Å²) in [6, 6.07) is 18.8. The van der Waals surface area contributed by atoms with Gasteiger partial charge < -0.3 is 15.2 Å². The Bertz CT molecular complexity index is 955. The molecule has 0 aliphatic heterocycles. The number of H-pyrrole nitrogens is 1. The number of hydrogen-bond donors (Lipinski definition) is 3. The minimum Gasteiger partial charge on any atom is -0.507 e. The smallest absolute Gasteiger partial charge is 0.125 e. The third-order valence-electron chi connectivity index (χ3n) is 3.79. The molecule has 4 aromatic rings. The molecule has 0 atom stereocenters. The lowest BCUT2D eigenvalue weighted by atomic mass is 10.1. The summed E-state index contributed by atoms with van der Waals surface area (Å²) in [7, 11) is 0. The monoisotopic (exact) mass is 275 g/mol.